The minimum Gasteiger partial charge on any atom is -0.485 e. The quantitative estimate of drug-likeness (QED) is 0.901. The number of benzene rings is 2. The van der Waals surface area contributed by atoms with Crippen LogP contribution in [0, 0.1) is 11.6 Å². The molecule has 0 bridgehead atoms. The Kier molecular flexibility index (Phi) is 4.41. The fraction of sp³-hybridized carbons (Fsp3) is 0.188. The van der Waals surface area contributed by atoms with Gasteiger partial charge in [-0.25, -0.2) is 8.78 Å². The third-order valence-corrected chi connectivity index (χ3v) is 4.03. The van der Waals surface area contributed by atoms with Crippen molar-refractivity contribution in [1.82, 2.24) is 5.32 Å². The normalized spacial score (nSPS) is 15.9. The van der Waals surface area contributed by atoms with Gasteiger partial charge < -0.3 is 10.1 Å². The molecule has 0 radical (unpaired) electrons. The summed E-state index contributed by atoms with van der Waals surface area (Å²) < 4.78 is 32.2. The van der Waals surface area contributed by atoms with E-state index in [0.29, 0.717) is 17.0 Å². The SMILES string of the molecule is O=C(NC[C@@H]1Cc2cc(F)cc(F)c2O1)c1ccc(Cl)cc1Cl. The molecule has 1 N–H and O–H groups in total. The smallest absolute Gasteiger partial charge is 0.252 e. The van der Waals surface area contributed by atoms with Crippen molar-refractivity contribution in [2.75, 3.05) is 6.54 Å². The Morgan fingerprint density at radius 3 is 2.78 bits per heavy atom. The Labute approximate surface area is 141 Å². The Balaban J connectivity index is 1.64. The van der Waals surface area contributed by atoms with Crippen molar-refractivity contribution in [3.05, 3.63) is 63.1 Å². The molecule has 0 aliphatic carbocycles. The number of halogens is 4. The number of amides is 1. The van der Waals surface area contributed by atoms with Crippen LogP contribution in [0.2, 0.25) is 10.0 Å². The van der Waals surface area contributed by atoms with Crippen LogP contribution < -0.4 is 10.1 Å². The lowest BCUT2D eigenvalue weighted by Crippen LogP contribution is -2.34. The first-order valence-corrected chi connectivity index (χ1v) is 7.57. The first kappa shape index (κ1) is 16.0. The summed E-state index contributed by atoms with van der Waals surface area (Å²) in [4.78, 5) is 12.1. The molecule has 0 saturated carbocycles. The number of hydrogen-bond donors (Lipinski definition) is 1. The molecule has 1 aliphatic rings. The zero-order chi connectivity index (χ0) is 16.6. The molecule has 23 heavy (non-hydrogen) atoms. The van der Waals surface area contributed by atoms with Gasteiger partial charge in [0, 0.05) is 23.1 Å². The summed E-state index contributed by atoms with van der Waals surface area (Å²) in [5.74, 6) is -1.75. The lowest BCUT2D eigenvalue weighted by Gasteiger charge is -2.12. The van der Waals surface area contributed by atoms with Gasteiger partial charge in [-0.05, 0) is 24.3 Å². The molecule has 120 valence electrons. The third-order valence-electron chi connectivity index (χ3n) is 3.48. The highest BCUT2D eigenvalue weighted by Gasteiger charge is 2.27. The maximum Gasteiger partial charge on any atom is 0.252 e. The van der Waals surface area contributed by atoms with Gasteiger partial charge in [0.15, 0.2) is 11.6 Å². The van der Waals surface area contributed by atoms with Crippen LogP contribution in [0.5, 0.6) is 5.75 Å². The van der Waals surface area contributed by atoms with Gasteiger partial charge in [-0.3, -0.25) is 4.79 Å². The van der Waals surface area contributed by atoms with E-state index < -0.39 is 23.6 Å². The molecule has 3 rings (SSSR count). The summed E-state index contributed by atoms with van der Waals surface area (Å²) in [6.45, 7) is 0.146. The number of rotatable bonds is 3. The summed E-state index contributed by atoms with van der Waals surface area (Å²) in [5.41, 5.74) is 0.732. The van der Waals surface area contributed by atoms with Crippen molar-refractivity contribution in [3.63, 3.8) is 0 Å². The van der Waals surface area contributed by atoms with Crippen LogP contribution in [0.3, 0.4) is 0 Å². The highest BCUT2D eigenvalue weighted by atomic mass is 35.5. The monoisotopic (exact) mass is 357 g/mol. The average molecular weight is 358 g/mol. The topological polar surface area (TPSA) is 38.3 Å². The highest BCUT2D eigenvalue weighted by Crippen LogP contribution is 2.32. The zero-order valence-corrected chi connectivity index (χ0v) is 13.2. The van der Waals surface area contributed by atoms with E-state index in [0.717, 1.165) is 6.07 Å². The second kappa shape index (κ2) is 6.34. The van der Waals surface area contributed by atoms with Crippen LogP contribution in [0.4, 0.5) is 8.78 Å². The van der Waals surface area contributed by atoms with Crippen LogP contribution in [0.15, 0.2) is 30.3 Å². The lowest BCUT2D eigenvalue weighted by atomic mass is 10.1. The fourth-order valence-corrected chi connectivity index (χ4v) is 2.93. The van der Waals surface area contributed by atoms with Gasteiger partial charge in [0.05, 0.1) is 17.1 Å². The largest absolute Gasteiger partial charge is 0.485 e. The van der Waals surface area contributed by atoms with Crippen LogP contribution in [0.1, 0.15) is 15.9 Å². The number of hydrogen-bond acceptors (Lipinski definition) is 2. The van der Waals surface area contributed by atoms with Gasteiger partial charge in [0.1, 0.15) is 11.9 Å². The molecular formula is C16H11Cl2F2NO2. The molecule has 2 aromatic carbocycles. The molecule has 1 amide bonds. The van der Waals surface area contributed by atoms with E-state index in [-0.39, 0.29) is 22.9 Å². The van der Waals surface area contributed by atoms with Crippen molar-refractivity contribution in [2.24, 2.45) is 0 Å². The Morgan fingerprint density at radius 2 is 2.04 bits per heavy atom. The minimum atomic E-state index is -0.741. The number of ether oxygens (including phenoxy) is 1. The van der Waals surface area contributed by atoms with Crippen LogP contribution in [-0.4, -0.2) is 18.6 Å². The van der Waals surface area contributed by atoms with E-state index in [2.05, 4.69) is 5.32 Å². The zero-order valence-electron chi connectivity index (χ0n) is 11.7. The molecule has 3 nitrogen and oxygen atoms in total. The maximum absolute atomic E-state index is 13.6. The second-order valence-corrected chi connectivity index (χ2v) is 6.00. The lowest BCUT2D eigenvalue weighted by molar-refractivity contribution is 0.0933. The van der Waals surface area contributed by atoms with Gasteiger partial charge in [-0.15, -0.1) is 0 Å². The number of nitrogens with one attached hydrogen (secondary N) is 1. The van der Waals surface area contributed by atoms with Gasteiger partial charge in [-0.2, -0.15) is 0 Å². The number of carbonyl (C=O) groups is 1. The molecule has 1 heterocycles. The first-order valence-electron chi connectivity index (χ1n) is 6.82. The third kappa shape index (κ3) is 3.41. The predicted molar refractivity (Wildman–Crippen MR) is 83.3 cm³/mol. The fourth-order valence-electron chi connectivity index (χ4n) is 2.44. The first-order chi connectivity index (χ1) is 10.9. The molecule has 0 fully saturated rings. The molecule has 1 atom stereocenters. The van der Waals surface area contributed by atoms with Crippen molar-refractivity contribution >= 4 is 29.1 Å². The molecule has 0 unspecified atom stereocenters. The van der Waals surface area contributed by atoms with Crippen molar-refractivity contribution in [1.29, 1.82) is 0 Å². The van der Waals surface area contributed by atoms with Crippen LogP contribution >= 0.6 is 23.2 Å². The van der Waals surface area contributed by atoms with Gasteiger partial charge >= 0.3 is 0 Å². The van der Waals surface area contributed by atoms with Crippen LogP contribution in [-0.2, 0) is 6.42 Å². The molecule has 2 aromatic rings. The minimum absolute atomic E-state index is 0.0372. The van der Waals surface area contributed by atoms with Gasteiger partial charge in [-0.1, -0.05) is 23.2 Å². The molecule has 0 spiro atoms. The van der Waals surface area contributed by atoms with Crippen LogP contribution in [0.25, 0.3) is 0 Å². The Morgan fingerprint density at radius 1 is 1.26 bits per heavy atom. The standard InChI is InChI=1S/C16H11Cl2F2NO2/c17-9-1-2-12(13(18)5-9)16(22)21-7-11-4-8-3-10(19)6-14(20)15(8)23-11/h1-3,5-6,11H,4,7H2,(H,21,22)/t11-/m0/s1. The summed E-state index contributed by atoms with van der Waals surface area (Å²) in [5, 5.41) is 3.33. The van der Waals surface area contributed by atoms with Crippen molar-refractivity contribution in [2.45, 2.75) is 12.5 Å². The maximum atomic E-state index is 13.6. The predicted octanol–water partition coefficient (Wildman–Crippen LogP) is 4.01. The van der Waals surface area contributed by atoms with E-state index in [4.69, 9.17) is 27.9 Å². The summed E-state index contributed by atoms with van der Waals surface area (Å²) >= 11 is 11.7. The van der Waals surface area contributed by atoms with Crippen molar-refractivity contribution in [3.8, 4) is 5.75 Å². The number of carbonyl (C=O) groups excluding carboxylic acids is 1. The Bertz CT molecular complexity index is 783. The molecule has 0 aromatic heterocycles. The summed E-state index contributed by atoms with van der Waals surface area (Å²) in [7, 11) is 0. The van der Waals surface area contributed by atoms with Crippen molar-refractivity contribution < 1.29 is 18.3 Å². The van der Waals surface area contributed by atoms with E-state index in [1.165, 1.54) is 18.2 Å². The Hall–Kier alpha value is -1.85. The number of fused-ring (bicyclic) bond motifs is 1. The van der Waals surface area contributed by atoms with E-state index in [9.17, 15) is 13.6 Å². The highest BCUT2D eigenvalue weighted by molar-refractivity contribution is 6.36. The molecule has 7 heteroatoms. The summed E-state index contributed by atoms with van der Waals surface area (Å²) in [6.07, 6.45) is -0.144. The summed E-state index contributed by atoms with van der Waals surface area (Å²) in [6, 6.07) is 6.55. The molecule has 0 saturated heterocycles. The molecule has 1 aliphatic heterocycles. The van der Waals surface area contributed by atoms with E-state index >= 15 is 0 Å². The second-order valence-electron chi connectivity index (χ2n) is 5.15. The van der Waals surface area contributed by atoms with E-state index in [1.807, 2.05) is 0 Å². The molecular weight excluding hydrogens is 347 g/mol. The van der Waals surface area contributed by atoms with Gasteiger partial charge in [0.25, 0.3) is 5.91 Å². The van der Waals surface area contributed by atoms with Gasteiger partial charge in [0.2, 0.25) is 0 Å². The average Bonchev–Trinajstić information content (AvgIpc) is 2.88. The van der Waals surface area contributed by atoms with E-state index in [1.54, 1.807) is 6.07 Å².